The summed E-state index contributed by atoms with van der Waals surface area (Å²) < 4.78 is 43.8. The Bertz CT molecular complexity index is 1060. The molecule has 30 heavy (non-hydrogen) atoms. The van der Waals surface area contributed by atoms with E-state index < -0.39 is 11.7 Å². The average Bonchev–Trinajstić information content (AvgIpc) is 3.22. The molecule has 1 fully saturated rings. The van der Waals surface area contributed by atoms with Crippen molar-refractivity contribution in [2.75, 3.05) is 18.0 Å². The number of hydrogen-bond acceptors (Lipinski definition) is 4. The lowest BCUT2D eigenvalue weighted by atomic mass is 10.0. The lowest BCUT2D eigenvalue weighted by Crippen LogP contribution is -2.25. The second-order valence-corrected chi connectivity index (χ2v) is 7.07. The number of hydrogen-bond donors (Lipinski definition) is 0. The Morgan fingerprint density at radius 1 is 1.03 bits per heavy atom. The number of nitriles is 1. The molecule has 1 aromatic heterocycles. The molecule has 152 valence electrons. The van der Waals surface area contributed by atoms with Crippen LogP contribution in [0.3, 0.4) is 0 Å². The maximum Gasteiger partial charge on any atom is 0.417 e. The molecule has 4 rings (SSSR count). The summed E-state index contributed by atoms with van der Waals surface area (Å²) >= 11 is 0. The Kier molecular flexibility index (Phi) is 5.32. The minimum Gasteiger partial charge on any atom is -0.472 e. The average molecular weight is 409 g/mol. The van der Waals surface area contributed by atoms with Gasteiger partial charge in [-0.15, -0.1) is 0 Å². The predicted molar refractivity (Wildman–Crippen MR) is 107 cm³/mol. The lowest BCUT2D eigenvalue weighted by Gasteiger charge is -2.21. The summed E-state index contributed by atoms with van der Waals surface area (Å²) in [4.78, 5) is 5.85. The van der Waals surface area contributed by atoms with Gasteiger partial charge in [-0.25, -0.2) is 4.98 Å². The van der Waals surface area contributed by atoms with E-state index in [1.54, 1.807) is 0 Å². The van der Waals surface area contributed by atoms with Crippen molar-refractivity contribution in [2.24, 2.45) is 0 Å². The summed E-state index contributed by atoms with van der Waals surface area (Å²) in [6, 6.07) is 20.1. The van der Waals surface area contributed by atoms with E-state index in [9.17, 15) is 18.4 Å². The van der Waals surface area contributed by atoms with Gasteiger partial charge in [0, 0.05) is 25.2 Å². The third-order valence-electron chi connectivity index (χ3n) is 5.06. The molecule has 1 atom stereocenters. The zero-order chi connectivity index (χ0) is 21.1. The van der Waals surface area contributed by atoms with E-state index in [0.29, 0.717) is 25.1 Å². The highest BCUT2D eigenvalue weighted by atomic mass is 19.4. The van der Waals surface area contributed by atoms with Gasteiger partial charge < -0.3 is 9.64 Å². The minimum atomic E-state index is -4.42. The summed E-state index contributed by atoms with van der Waals surface area (Å²) in [6.07, 6.45) is -3.18. The number of pyridine rings is 1. The third kappa shape index (κ3) is 4.23. The number of alkyl halides is 3. The van der Waals surface area contributed by atoms with Crippen molar-refractivity contribution in [1.29, 1.82) is 5.26 Å². The first-order chi connectivity index (χ1) is 14.4. The first-order valence-corrected chi connectivity index (χ1v) is 9.48. The van der Waals surface area contributed by atoms with Gasteiger partial charge >= 0.3 is 6.18 Å². The van der Waals surface area contributed by atoms with E-state index in [1.165, 1.54) is 6.07 Å². The van der Waals surface area contributed by atoms with Gasteiger partial charge in [-0.2, -0.15) is 18.4 Å². The largest absolute Gasteiger partial charge is 0.472 e. The van der Waals surface area contributed by atoms with E-state index in [0.717, 1.165) is 29.1 Å². The van der Waals surface area contributed by atoms with Crippen molar-refractivity contribution in [2.45, 2.75) is 18.7 Å². The number of anilines is 1. The number of rotatable bonds is 4. The molecule has 1 aliphatic rings. The van der Waals surface area contributed by atoms with Gasteiger partial charge in [-0.1, -0.05) is 36.4 Å². The molecule has 4 nitrogen and oxygen atoms in total. The number of benzene rings is 2. The fraction of sp³-hybridized carbons (Fsp3) is 0.217. The van der Waals surface area contributed by atoms with Crippen molar-refractivity contribution in [1.82, 2.24) is 4.98 Å². The molecule has 0 aliphatic carbocycles. The van der Waals surface area contributed by atoms with E-state index in [2.05, 4.69) is 16.0 Å². The van der Waals surface area contributed by atoms with Crippen molar-refractivity contribution in [3.63, 3.8) is 0 Å². The lowest BCUT2D eigenvalue weighted by molar-refractivity contribution is -0.137. The molecule has 1 aliphatic heterocycles. The van der Waals surface area contributed by atoms with Crippen LogP contribution in [-0.2, 0) is 6.18 Å². The van der Waals surface area contributed by atoms with Crippen LogP contribution in [0.15, 0.2) is 66.9 Å². The number of aromatic nitrogens is 1. The standard InChI is InChI=1S/C23H18F3N3O/c24-23(25,26)19-8-9-22(28-14-19)30-20-10-11-29(15-20)21-12-17(6-7-18(21)13-27)16-4-2-1-3-5-16/h1-9,12,14,20H,10-11,15H2/t20-/m0/s1. The molecule has 0 spiro atoms. The monoisotopic (exact) mass is 409 g/mol. The molecule has 2 aromatic carbocycles. The molecule has 0 radical (unpaired) electrons. The van der Waals surface area contributed by atoms with Gasteiger partial charge in [0.2, 0.25) is 5.88 Å². The van der Waals surface area contributed by atoms with Crippen molar-refractivity contribution >= 4 is 5.69 Å². The van der Waals surface area contributed by atoms with Crippen LogP contribution in [0.2, 0.25) is 0 Å². The van der Waals surface area contributed by atoms with Gasteiger partial charge in [0.15, 0.2) is 0 Å². The summed E-state index contributed by atoms with van der Waals surface area (Å²) in [5.41, 5.74) is 2.66. The Morgan fingerprint density at radius 2 is 1.83 bits per heavy atom. The first-order valence-electron chi connectivity index (χ1n) is 9.48. The second-order valence-electron chi connectivity index (χ2n) is 7.07. The van der Waals surface area contributed by atoms with E-state index >= 15 is 0 Å². The Morgan fingerprint density at radius 3 is 2.50 bits per heavy atom. The van der Waals surface area contributed by atoms with Crippen LogP contribution in [0.5, 0.6) is 5.88 Å². The molecular formula is C23H18F3N3O. The zero-order valence-corrected chi connectivity index (χ0v) is 15.9. The Labute approximate surface area is 172 Å². The van der Waals surface area contributed by atoms with Crippen molar-refractivity contribution in [3.8, 4) is 23.1 Å². The van der Waals surface area contributed by atoms with Crippen LogP contribution < -0.4 is 9.64 Å². The number of nitrogens with zero attached hydrogens (tertiary/aromatic N) is 3. The molecule has 0 unspecified atom stereocenters. The Hall–Kier alpha value is -3.53. The topological polar surface area (TPSA) is 49.2 Å². The molecule has 0 bridgehead atoms. The summed E-state index contributed by atoms with van der Waals surface area (Å²) in [5.74, 6) is 0.161. The molecule has 7 heteroatoms. The van der Waals surface area contributed by atoms with Crippen LogP contribution in [0.4, 0.5) is 18.9 Å². The molecule has 0 amide bonds. The highest BCUT2D eigenvalue weighted by molar-refractivity contribution is 5.72. The van der Waals surface area contributed by atoms with E-state index in [4.69, 9.17) is 4.74 Å². The molecule has 2 heterocycles. The van der Waals surface area contributed by atoms with Gasteiger partial charge in [-0.3, -0.25) is 0 Å². The van der Waals surface area contributed by atoms with Gasteiger partial charge in [0.05, 0.1) is 23.4 Å². The quantitative estimate of drug-likeness (QED) is 0.587. The molecule has 1 saturated heterocycles. The highest BCUT2D eigenvalue weighted by Crippen LogP contribution is 2.32. The van der Waals surface area contributed by atoms with Crippen LogP contribution in [0.25, 0.3) is 11.1 Å². The minimum absolute atomic E-state index is 0.161. The number of ether oxygens (including phenoxy) is 1. The predicted octanol–water partition coefficient (Wildman–Crippen LogP) is 5.30. The Balaban J connectivity index is 1.49. The van der Waals surface area contributed by atoms with Crippen molar-refractivity contribution in [3.05, 3.63) is 78.0 Å². The van der Waals surface area contributed by atoms with Gasteiger partial charge in [0.25, 0.3) is 0 Å². The second kappa shape index (κ2) is 8.07. The smallest absolute Gasteiger partial charge is 0.417 e. The van der Waals surface area contributed by atoms with Crippen molar-refractivity contribution < 1.29 is 17.9 Å². The molecule has 0 saturated carbocycles. The van der Waals surface area contributed by atoms with E-state index in [-0.39, 0.29) is 12.0 Å². The first kappa shape index (κ1) is 19.8. The highest BCUT2D eigenvalue weighted by Gasteiger charge is 2.31. The van der Waals surface area contributed by atoms with Crippen LogP contribution >= 0.6 is 0 Å². The fourth-order valence-corrected chi connectivity index (χ4v) is 3.53. The maximum absolute atomic E-state index is 12.7. The normalized spacial score (nSPS) is 16.3. The van der Waals surface area contributed by atoms with Crippen LogP contribution in [-0.4, -0.2) is 24.2 Å². The number of halogens is 3. The van der Waals surface area contributed by atoms with Gasteiger partial charge in [0.1, 0.15) is 12.2 Å². The molecule has 0 N–H and O–H groups in total. The summed E-state index contributed by atoms with van der Waals surface area (Å²) in [5, 5.41) is 9.52. The third-order valence-corrected chi connectivity index (χ3v) is 5.06. The maximum atomic E-state index is 12.7. The molecular weight excluding hydrogens is 391 g/mol. The van der Waals surface area contributed by atoms with Crippen LogP contribution in [0, 0.1) is 11.3 Å². The fourth-order valence-electron chi connectivity index (χ4n) is 3.53. The van der Waals surface area contributed by atoms with E-state index in [1.807, 2.05) is 48.5 Å². The zero-order valence-electron chi connectivity index (χ0n) is 15.9. The van der Waals surface area contributed by atoms with Gasteiger partial charge in [-0.05, 0) is 29.3 Å². The molecule has 3 aromatic rings. The summed E-state index contributed by atoms with van der Waals surface area (Å²) in [6.45, 7) is 1.20. The SMILES string of the molecule is N#Cc1ccc(-c2ccccc2)cc1N1CC[C@H](Oc2ccc(C(F)(F)F)cn2)C1. The van der Waals surface area contributed by atoms with Crippen LogP contribution in [0.1, 0.15) is 17.5 Å². The summed E-state index contributed by atoms with van der Waals surface area (Å²) in [7, 11) is 0.